The van der Waals surface area contributed by atoms with Gasteiger partial charge in [-0.1, -0.05) is 13.0 Å². The van der Waals surface area contributed by atoms with E-state index in [1.807, 2.05) is 18.2 Å². The average Bonchev–Trinajstić information content (AvgIpc) is 2.42. The second-order valence-electron chi connectivity index (χ2n) is 4.05. The van der Waals surface area contributed by atoms with Crippen LogP contribution in [0.15, 0.2) is 45.8 Å². The Kier molecular flexibility index (Phi) is 5.46. The summed E-state index contributed by atoms with van der Waals surface area (Å²) in [7, 11) is 0. The first-order valence-electron chi connectivity index (χ1n) is 6.23. The molecule has 2 aromatic rings. The molecule has 2 rings (SSSR count). The molecule has 0 heterocycles. The molecule has 20 heavy (non-hydrogen) atoms. The van der Waals surface area contributed by atoms with Gasteiger partial charge in [0, 0.05) is 17.0 Å². The lowest BCUT2D eigenvalue weighted by atomic mass is 10.2. The SMILES string of the molecule is CCSc1cccc(Oc2ccc(F)cc2Br)c1CN. The van der Waals surface area contributed by atoms with E-state index in [2.05, 4.69) is 22.9 Å². The monoisotopic (exact) mass is 355 g/mol. The molecule has 0 aliphatic heterocycles. The van der Waals surface area contributed by atoms with Crippen molar-refractivity contribution >= 4 is 27.7 Å². The van der Waals surface area contributed by atoms with Crippen molar-refractivity contribution < 1.29 is 9.13 Å². The molecule has 0 fully saturated rings. The van der Waals surface area contributed by atoms with Gasteiger partial charge in [-0.15, -0.1) is 11.8 Å². The van der Waals surface area contributed by atoms with Crippen molar-refractivity contribution in [2.45, 2.75) is 18.4 Å². The van der Waals surface area contributed by atoms with E-state index in [0.29, 0.717) is 22.5 Å². The third-order valence-corrected chi connectivity index (χ3v) is 4.31. The van der Waals surface area contributed by atoms with E-state index in [1.165, 1.54) is 12.1 Å². The van der Waals surface area contributed by atoms with Crippen LogP contribution in [-0.4, -0.2) is 5.75 Å². The van der Waals surface area contributed by atoms with E-state index in [1.54, 1.807) is 17.8 Å². The normalized spacial score (nSPS) is 10.6. The molecule has 0 unspecified atom stereocenters. The van der Waals surface area contributed by atoms with Gasteiger partial charge in [0.25, 0.3) is 0 Å². The van der Waals surface area contributed by atoms with Gasteiger partial charge in [0.2, 0.25) is 0 Å². The topological polar surface area (TPSA) is 35.2 Å². The van der Waals surface area contributed by atoms with E-state index in [9.17, 15) is 4.39 Å². The molecule has 0 aliphatic carbocycles. The summed E-state index contributed by atoms with van der Waals surface area (Å²) in [6, 6.07) is 10.2. The fraction of sp³-hybridized carbons (Fsp3) is 0.200. The molecule has 0 amide bonds. The molecular weight excluding hydrogens is 341 g/mol. The van der Waals surface area contributed by atoms with Crippen molar-refractivity contribution in [2.75, 3.05) is 5.75 Å². The van der Waals surface area contributed by atoms with Crippen LogP contribution in [0.2, 0.25) is 0 Å². The number of nitrogens with two attached hydrogens (primary N) is 1. The highest BCUT2D eigenvalue weighted by Crippen LogP contribution is 2.35. The smallest absolute Gasteiger partial charge is 0.141 e. The van der Waals surface area contributed by atoms with E-state index < -0.39 is 0 Å². The number of halogens is 2. The lowest BCUT2D eigenvalue weighted by Gasteiger charge is -2.14. The first kappa shape index (κ1) is 15.4. The molecule has 2 N–H and O–H groups in total. The second kappa shape index (κ2) is 7.11. The highest BCUT2D eigenvalue weighted by Gasteiger charge is 2.11. The minimum atomic E-state index is -0.307. The lowest BCUT2D eigenvalue weighted by Crippen LogP contribution is -2.02. The summed E-state index contributed by atoms with van der Waals surface area (Å²) in [5, 5.41) is 0. The van der Waals surface area contributed by atoms with Gasteiger partial charge in [0.1, 0.15) is 17.3 Å². The van der Waals surface area contributed by atoms with E-state index in [0.717, 1.165) is 16.2 Å². The molecule has 0 saturated carbocycles. The zero-order chi connectivity index (χ0) is 14.5. The van der Waals surface area contributed by atoms with Crippen LogP contribution in [0.1, 0.15) is 12.5 Å². The standard InChI is InChI=1S/C15H15BrFNOS/c1-2-20-15-5-3-4-13(11(15)9-18)19-14-7-6-10(17)8-12(14)16/h3-8H,2,9,18H2,1H3. The largest absolute Gasteiger partial charge is 0.456 e. The first-order valence-corrected chi connectivity index (χ1v) is 8.01. The summed E-state index contributed by atoms with van der Waals surface area (Å²) in [6.07, 6.45) is 0. The summed E-state index contributed by atoms with van der Waals surface area (Å²) in [4.78, 5) is 1.12. The quantitative estimate of drug-likeness (QED) is 0.770. The Balaban J connectivity index is 2.35. The molecule has 0 aromatic heterocycles. The maximum atomic E-state index is 13.1. The van der Waals surface area contributed by atoms with Gasteiger partial charge in [-0.3, -0.25) is 0 Å². The summed E-state index contributed by atoms with van der Waals surface area (Å²) in [5.74, 6) is 1.94. The second-order valence-corrected chi connectivity index (χ2v) is 6.21. The molecule has 0 atom stereocenters. The van der Waals surface area contributed by atoms with Crippen LogP contribution in [0, 0.1) is 5.82 Å². The number of hydrogen-bond donors (Lipinski definition) is 1. The fourth-order valence-electron chi connectivity index (χ4n) is 1.81. The number of ether oxygens (including phenoxy) is 1. The van der Waals surface area contributed by atoms with E-state index >= 15 is 0 Å². The Hall–Kier alpha value is -1.04. The Morgan fingerprint density at radius 3 is 2.70 bits per heavy atom. The third-order valence-electron chi connectivity index (χ3n) is 2.71. The first-order chi connectivity index (χ1) is 9.65. The molecule has 5 heteroatoms. The van der Waals surface area contributed by atoms with Gasteiger partial charge in [-0.2, -0.15) is 0 Å². The molecular formula is C15H15BrFNOS. The summed E-state index contributed by atoms with van der Waals surface area (Å²) >= 11 is 5.03. The molecule has 106 valence electrons. The maximum Gasteiger partial charge on any atom is 0.141 e. The highest BCUT2D eigenvalue weighted by atomic mass is 79.9. The highest BCUT2D eigenvalue weighted by molar-refractivity contribution is 9.10. The lowest BCUT2D eigenvalue weighted by molar-refractivity contribution is 0.469. The van der Waals surface area contributed by atoms with Crippen LogP contribution >= 0.6 is 27.7 Å². The van der Waals surface area contributed by atoms with Crippen LogP contribution in [0.3, 0.4) is 0 Å². The van der Waals surface area contributed by atoms with Gasteiger partial charge >= 0.3 is 0 Å². The van der Waals surface area contributed by atoms with Crippen molar-refractivity contribution in [2.24, 2.45) is 5.73 Å². The number of rotatable bonds is 5. The molecule has 0 radical (unpaired) electrons. The number of hydrogen-bond acceptors (Lipinski definition) is 3. The van der Waals surface area contributed by atoms with Crippen molar-refractivity contribution in [3.63, 3.8) is 0 Å². The summed E-state index contributed by atoms with van der Waals surface area (Å²) < 4.78 is 19.5. The average molecular weight is 356 g/mol. The Labute approximate surface area is 130 Å². The molecule has 0 spiro atoms. The maximum absolute atomic E-state index is 13.1. The van der Waals surface area contributed by atoms with Crippen LogP contribution in [0.4, 0.5) is 4.39 Å². The van der Waals surface area contributed by atoms with Gasteiger partial charge in [-0.25, -0.2) is 4.39 Å². The number of benzene rings is 2. The van der Waals surface area contributed by atoms with Crippen molar-refractivity contribution in [1.82, 2.24) is 0 Å². The summed E-state index contributed by atoms with van der Waals surface area (Å²) in [6.45, 7) is 2.49. The van der Waals surface area contributed by atoms with Crippen LogP contribution < -0.4 is 10.5 Å². The predicted octanol–water partition coefficient (Wildman–Crippen LogP) is 4.95. The van der Waals surface area contributed by atoms with Crippen molar-refractivity contribution in [3.8, 4) is 11.5 Å². The van der Waals surface area contributed by atoms with Gasteiger partial charge < -0.3 is 10.5 Å². The molecule has 2 aromatic carbocycles. The predicted molar refractivity (Wildman–Crippen MR) is 84.9 cm³/mol. The molecule has 2 nitrogen and oxygen atoms in total. The van der Waals surface area contributed by atoms with Crippen LogP contribution in [-0.2, 0) is 6.54 Å². The van der Waals surface area contributed by atoms with E-state index in [4.69, 9.17) is 10.5 Å². The Bertz CT molecular complexity index is 606. The van der Waals surface area contributed by atoms with Crippen molar-refractivity contribution in [1.29, 1.82) is 0 Å². The minimum Gasteiger partial charge on any atom is -0.456 e. The van der Waals surface area contributed by atoms with Gasteiger partial charge in [0.15, 0.2) is 0 Å². The fourth-order valence-corrected chi connectivity index (χ4v) is 3.09. The Morgan fingerprint density at radius 1 is 1.25 bits per heavy atom. The minimum absolute atomic E-state index is 0.307. The van der Waals surface area contributed by atoms with E-state index in [-0.39, 0.29) is 5.82 Å². The third kappa shape index (κ3) is 3.53. The Morgan fingerprint density at radius 2 is 2.05 bits per heavy atom. The molecule has 0 saturated heterocycles. The zero-order valence-electron chi connectivity index (χ0n) is 11.0. The molecule has 0 bridgehead atoms. The van der Waals surface area contributed by atoms with Crippen molar-refractivity contribution in [3.05, 3.63) is 52.3 Å². The zero-order valence-corrected chi connectivity index (χ0v) is 13.4. The van der Waals surface area contributed by atoms with Gasteiger partial charge in [-0.05, 0) is 52.0 Å². The van der Waals surface area contributed by atoms with Crippen LogP contribution in [0.25, 0.3) is 0 Å². The number of thioether (sulfide) groups is 1. The van der Waals surface area contributed by atoms with Gasteiger partial charge in [0.05, 0.1) is 4.47 Å². The van der Waals surface area contributed by atoms with Crippen LogP contribution in [0.5, 0.6) is 11.5 Å². The molecule has 0 aliphatic rings. The summed E-state index contributed by atoms with van der Waals surface area (Å²) in [5.41, 5.74) is 6.80.